The molecule has 0 aliphatic carbocycles. The van der Waals surface area contributed by atoms with Crippen molar-refractivity contribution in [2.75, 3.05) is 4.90 Å². The molecule has 1 N–H and O–H groups in total. The Hall–Kier alpha value is -4.37. The van der Waals surface area contributed by atoms with Gasteiger partial charge in [0.15, 0.2) is 5.13 Å². The van der Waals surface area contributed by atoms with Crippen LogP contribution in [0.15, 0.2) is 78.4 Å². The number of amides is 1. The molecule has 1 aromatic heterocycles. The Morgan fingerprint density at radius 3 is 2.35 bits per heavy atom. The zero-order chi connectivity index (χ0) is 24.0. The summed E-state index contributed by atoms with van der Waals surface area (Å²) in [7, 11) is 0. The summed E-state index contributed by atoms with van der Waals surface area (Å²) in [6.07, 6.45) is 0. The van der Waals surface area contributed by atoms with Crippen LogP contribution in [0.3, 0.4) is 0 Å². The highest BCUT2D eigenvalue weighted by molar-refractivity contribution is 7.22. The van der Waals surface area contributed by atoms with Crippen molar-refractivity contribution in [1.82, 2.24) is 4.98 Å². The number of benzene rings is 3. The topological polar surface area (TPSA) is 114 Å². The van der Waals surface area contributed by atoms with Gasteiger partial charge in [-0.1, -0.05) is 53.3 Å². The van der Waals surface area contributed by atoms with Crippen molar-refractivity contribution < 1.29 is 19.6 Å². The van der Waals surface area contributed by atoms with Crippen LogP contribution in [0.4, 0.5) is 10.8 Å². The summed E-state index contributed by atoms with van der Waals surface area (Å²) in [5.74, 6) is -1.98. The number of hydrogen-bond donors (Lipinski definition) is 1. The molecular formula is C25H17N3O5S. The van der Waals surface area contributed by atoms with Crippen molar-refractivity contribution in [3.63, 3.8) is 0 Å². The molecule has 4 aromatic rings. The van der Waals surface area contributed by atoms with Gasteiger partial charge in [-0.3, -0.25) is 24.6 Å². The Labute approximate surface area is 197 Å². The zero-order valence-electron chi connectivity index (χ0n) is 17.8. The predicted molar refractivity (Wildman–Crippen MR) is 129 cm³/mol. The number of anilines is 1. The van der Waals surface area contributed by atoms with Crippen molar-refractivity contribution in [2.24, 2.45) is 0 Å². The van der Waals surface area contributed by atoms with Crippen molar-refractivity contribution in [3.05, 3.63) is 105 Å². The molecule has 9 heteroatoms. The van der Waals surface area contributed by atoms with Crippen LogP contribution in [0.1, 0.15) is 22.7 Å². The highest BCUT2D eigenvalue weighted by Gasteiger charge is 2.48. The predicted octanol–water partition coefficient (Wildman–Crippen LogP) is 5.14. The van der Waals surface area contributed by atoms with Crippen LogP contribution >= 0.6 is 11.3 Å². The third-order valence-electron chi connectivity index (χ3n) is 5.68. The maximum Gasteiger partial charge on any atom is 0.301 e. The molecule has 1 unspecified atom stereocenters. The Balaban J connectivity index is 1.72. The SMILES string of the molecule is Cc1ccc(/C(O)=C2\C(=O)C(=O)N(c3nc4ccccc4s3)C2c2ccc([N+](=O)[O-])cc2)cc1. The Morgan fingerprint density at radius 1 is 1.03 bits per heavy atom. The first-order valence-corrected chi connectivity index (χ1v) is 11.1. The van der Waals surface area contributed by atoms with E-state index in [9.17, 15) is 24.8 Å². The normalized spacial score (nSPS) is 17.4. The molecule has 0 bridgehead atoms. The first-order valence-electron chi connectivity index (χ1n) is 10.3. The van der Waals surface area contributed by atoms with Gasteiger partial charge in [0.2, 0.25) is 0 Å². The summed E-state index contributed by atoms with van der Waals surface area (Å²) in [6, 6.07) is 18.8. The molecule has 3 aromatic carbocycles. The number of aliphatic hydroxyl groups is 1. The number of aryl methyl sites for hydroxylation is 1. The van der Waals surface area contributed by atoms with Gasteiger partial charge < -0.3 is 5.11 Å². The number of nitro groups is 1. The van der Waals surface area contributed by atoms with E-state index in [0.717, 1.165) is 10.3 Å². The van der Waals surface area contributed by atoms with E-state index in [2.05, 4.69) is 4.98 Å². The minimum Gasteiger partial charge on any atom is -0.507 e. The van der Waals surface area contributed by atoms with Crippen LogP contribution in [0.2, 0.25) is 0 Å². The van der Waals surface area contributed by atoms with Crippen molar-refractivity contribution in [3.8, 4) is 0 Å². The number of nitro benzene ring substituents is 1. The van der Waals surface area contributed by atoms with Gasteiger partial charge in [-0.15, -0.1) is 0 Å². The van der Waals surface area contributed by atoms with Crippen molar-refractivity contribution in [2.45, 2.75) is 13.0 Å². The first kappa shape index (κ1) is 21.5. The lowest BCUT2D eigenvalue weighted by atomic mass is 9.95. The molecule has 0 radical (unpaired) electrons. The fraction of sp³-hybridized carbons (Fsp3) is 0.0800. The van der Waals surface area contributed by atoms with Crippen LogP contribution in [0.25, 0.3) is 16.0 Å². The van der Waals surface area contributed by atoms with Crippen LogP contribution in [-0.4, -0.2) is 26.7 Å². The summed E-state index contributed by atoms with van der Waals surface area (Å²) in [5.41, 5.74) is 2.25. The third kappa shape index (κ3) is 3.52. The number of aromatic nitrogens is 1. The highest BCUT2D eigenvalue weighted by atomic mass is 32.1. The number of thiazole rings is 1. The van der Waals surface area contributed by atoms with E-state index < -0.39 is 22.7 Å². The molecule has 1 amide bonds. The number of hydrogen-bond acceptors (Lipinski definition) is 7. The van der Waals surface area contributed by atoms with Gasteiger partial charge in [0.25, 0.3) is 11.5 Å². The molecule has 1 atom stereocenters. The summed E-state index contributed by atoms with van der Waals surface area (Å²) in [5, 5.41) is 22.6. The lowest BCUT2D eigenvalue weighted by Gasteiger charge is -2.22. The average Bonchev–Trinajstić information content (AvgIpc) is 3.37. The number of aliphatic hydroxyl groups excluding tert-OH is 1. The van der Waals surface area contributed by atoms with Crippen LogP contribution in [0.5, 0.6) is 0 Å². The fourth-order valence-corrected chi connectivity index (χ4v) is 4.95. The number of ketones is 1. The fourth-order valence-electron chi connectivity index (χ4n) is 3.95. The molecular weight excluding hydrogens is 454 g/mol. The van der Waals surface area contributed by atoms with E-state index in [1.807, 2.05) is 25.1 Å². The second-order valence-corrected chi connectivity index (χ2v) is 8.86. The number of rotatable bonds is 4. The van der Waals surface area contributed by atoms with E-state index >= 15 is 0 Å². The van der Waals surface area contributed by atoms with Gasteiger partial charge >= 0.3 is 5.91 Å². The molecule has 1 aliphatic heterocycles. The smallest absolute Gasteiger partial charge is 0.301 e. The van der Waals surface area contributed by atoms with E-state index in [-0.39, 0.29) is 17.0 Å². The van der Waals surface area contributed by atoms with E-state index in [4.69, 9.17) is 0 Å². The maximum absolute atomic E-state index is 13.2. The standard InChI is InChI=1S/C25H17N3O5S/c1-14-6-8-16(9-7-14)22(29)20-21(15-10-12-17(13-11-15)28(32)33)27(24(31)23(20)30)25-26-18-4-2-3-5-19(18)34-25/h2-13,21,29H,1H3/b22-20+. The minimum atomic E-state index is -0.998. The molecule has 0 spiro atoms. The van der Waals surface area contributed by atoms with Gasteiger partial charge in [0.05, 0.1) is 26.8 Å². The molecule has 1 saturated heterocycles. The van der Waals surface area contributed by atoms with Gasteiger partial charge in [-0.05, 0) is 36.8 Å². The lowest BCUT2D eigenvalue weighted by Crippen LogP contribution is -2.29. The van der Waals surface area contributed by atoms with Crippen molar-refractivity contribution in [1.29, 1.82) is 0 Å². The van der Waals surface area contributed by atoms with Crippen LogP contribution in [0, 0.1) is 17.0 Å². The highest BCUT2D eigenvalue weighted by Crippen LogP contribution is 2.44. The minimum absolute atomic E-state index is 0.0954. The van der Waals surface area contributed by atoms with E-state index in [0.29, 0.717) is 21.8 Å². The molecule has 8 nitrogen and oxygen atoms in total. The summed E-state index contributed by atoms with van der Waals surface area (Å²) in [6.45, 7) is 1.90. The number of carbonyl (C=O) groups excluding carboxylic acids is 2. The molecule has 5 rings (SSSR count). The first-order chi connectivity index (χ1) is 16.3. The second kappa shape index (κ2) is 8.20. The molecule has 34 heavy (non-hydrogen) atoms. The Morgan fingerprint density at radius 2 is 1.71 bits per heavy atom. The second-order valence-electron chi connectivity index (χ2n) is 7.85. The number of non-ortho nitro benzene ring substituents is 1. The van der Waals surface area contributed by atoms with Gasteiger partial charge in [0, 0.05) is 17.7 Å². The average molecular weight is 471 g/mol. The maximum atomic E-state index is 13.2. The van der Waals surface area contributed by atoms with Gasteiger partial charge in [0.1, 0.15) is 5.76 Å². The molecule has 2 heterocycles. The lowest BCUT2D eigenvalue weighted by molar-refractivity contribution is -0.384. The monoisotopic (exact) mass is 471 g/mol. The van der Waals surface area contributed by atoms with Gasteiger partial charge in [-0.25, -0.2) is 4.98 Å². The summed E-state index contributed by atoms with van der Waals surface area (Å²) >= 11 is 1.25. The number of fused-ring (bicyclic) bond motifs is 1. The number of Topliss-reactive ketones (excluding diaryl/α,β-unsaturated/α-hetero) is 1. The number of para-hydroxylation sites is 1. The van der Waals surface area contributed by atoms with Crippen LogP contribution in [-0.2, 0) is 9.59 Å². The quantitative estimate of drug-likeness (QED) is 0.145. The van der Waals surface area contributed by atoms with Crippen LogP contribution < -0.4 is 4.90 Å². The third-order valence-corrected chi connectivity index (χ3v) is 6.71. The summed E-state index contributed by atoms with van der Waals surface area (Å²) in [4.78, 5) is 42.8. The van der Waals surface area contributed by atoms with E-state index in [1.54, 1.807) is 30.3 Å². The largest absolute Gasteiger partial charge is 0.507 e. The Kier molecular flexibility index (Phi) is 5.18. The number of carbonyl (C=O) groups is 2. The van der Waals surface area contributed by atoms with Gasteiger partial charge in [-0.2, -0.15) is 0 Å². The van der Waals surface area contributed by atoms with E-state index in [1.165, 1.54) is 40.5 Å². The zero-order valence-corrected chi connectivity index (χ0v) is 18.7. The molecule has 0 saturated carbocycles. The molecule has 1 fully saturated rings. The molecule has 1 aliphatic rings. The molecule has 168 valence electrons. The summed E-state index contributed by atoms with van der Waals surface area (Å²) < 4.78 is 0.834. The number of nitrogens with zero attached hydrogens (tertiary/aromatic N) is 3. The van der Waals surface area contributed by atoms with Crippen molar-refractivity contribution >= 4 is 49.8 Å². The Bertz CT molecular complexity index is 1460.